The Morgan fingerprint density at radius 3 is 2.22 bits per heavy atom. The van der Waals surface area contributed by atoms with Crippen molar-refractivity contribution in [2.75, 3.05) is 7.05 Å². The number of rotatable bonds is 1. The summed E-state index contributed by atoms with van der Waals surface area (Å²) in [4.78, 5) is 0. The molecule has 0 radical (unpaired) electrons. The molecule has 3 rings (SSSR count). The monoisotopic (exact) mass is 126 g/mol. The molecule has 0 aromatic heterocycles. The average Bonchev–Trinajstić information content (AvgIpc) is 2.20. The third-order valence-corrected chi connectivity index (χ3v) is 3.01. The van der Waals surface area contributed by atoms with E-state index in [0.29, 0.717) is 5.54 Å². The minimum absolute atomic E-state index is 0.239. The summed E-state index contributed by atoms with van der Waals surface area (Å²) < 4.78 is 0. The van der Waals surface area contributed by atoms with Gasteiger partial charge in [-0.25, -0.2) is 0 Å². The Hall–Kier alpha value is -0.0800. The molecule has 2 nitrogen and oxygen atoms in total. The molecule has 0 aromatic carbocycles. The van der Waals surface area contributed by atoms with E-state index in [2.05, 4.69) is 5.32 Å². The summed E-state index contributed by atoms with van der Waals surface area (Å²) in [5.74, 6) is 0. The van der Waals surface area contributed by atoms with Gasteiger partial charge in [0.15, 0.2) is 0 Å². The van der Waals surface area contributed by atoms with Gasteiger partial charge in [-0.1, -0.05) is 0 Å². The van der Waals surface area contributed by atoms with Crippen LogP contribution < -0.4 is 11.1 Å². The van der Waals surface area contributed by atoms with Crippen LogP contribution in [0.15, 0.2) is 0 Å². The summed E-state index contributed by atoms with van der Waals surface area (Å²) >= 11 is 0. The van der Waals surface area contributed by atoms with Crippen molar-refractivity contribution in [2.45, 2.75) is 36.8 Å². The van der Waals surface area contributed by atoms with Gasteiger partial charge in [0.2, 0.25) is 0 Å². The van der Waals surface area contributed by atoms with E-state index in [1.165, 1.54) is 25.7 Å². The van der Waals surface area contributed by atoms with Crippen molar-refractivity contribution in [3.05, 3.63) is 0 Å². The molecule has 3 N–H and O–H groups in total. The van der Waals surface area contributed by atoms with Crippen molar-refractivity contribution in [3.63, 3.8) is 0 Å². The van der Waals surface area contributed by atoms with Crippen molar-refractivity contribution in [1.82, 2.24) is 5.32 Å². The second-order valence-electron chi connectivity index (χ2n) is 3.75. The molecule has 0 unspecified atom stereocenters. The van der Waals surface area contributed by atoms with Gasteiger partial charge in [0, 0.05) is 11.1 Å². The van der Waals surface area contributed by atoms with Crippen LogP contribution in [-0.2, 0) is 0 Å². The summed E-state index contributed by atoms with van der Waals surface area (Å²) in [7, 11) is 2.05. The first-order valence-corrected chi connectivity index (χ1v) is 3.66. The molecule has 0 atom stereocenters. The van der Waals surface area contributed by atoms with E-state index in [9.17, 15) is 0 Å². The number of nitrogens with two attached hydrogens (primary N) is 1. The summed E-state index contributed by atoms with van der Waals surface area (Å²) in [6.45, 7) is 0. The fourth-order valence-corrected chi connectivity index (χ4v) is 2.44. The van der Waals surface area contributed by atoms with Gasteiger partial charge in [-0.3, -0.25) is 0 Å². The lowest BCUT2D eigenvalue weighted by Gasteiger charge is -2.45. The number of hydrogen-bond donors (Lipinski definition) is 2. The molecular weight excluding hydrogens is 112 g/mol. The van der Waals surface area contributed by atoms with Gasteiger partial charge in [-0.05, 0) is 32.7 Å². The minimum atomic E-state index is 0.239. The lowest BCUT2D eigenvalue weighted by Crippen LogP contribution is -2.59. The Bertz CT molecular complexity index is 136. The average molecular weight is 126 g/mol. The molecule has 0 spiro atoms. The third kappa shape index (κ3) is 0.578. The Morgan fingerprint density at radius 1 is 1.33 bits per heavy atom. The first kappa shape index (κ1) is 5.69. The molecule has 0 heterocycles. The van der Waals surface area contributed by atoms with Crippen LogP contribution in [-0.4, -0.2) is 18.1 Å². The first-order valence-electron chi connectivity index (χ1n) is 3.66. The van der Waals surface area contributed by atoms with Crippen LogP contribution in [0.1, 0.15) is 25.7 Å². The lowest BCUT2D eigenvalue weighted by atomic mass is 9.72. The highest BCUT2D eigenvalue weighted by Gasteiger charge is 2.57. The molecule has 3 aliphatic carbocycles. The van der Waals surface area contributed by atoms with Crippen LogP contribution in [0, 0.1) is 0 Å². The summed E-state index contributed by atoms with van der Waals surface area (Å²) in [5.41, 5.74) is 6.67. The highest BCUT2D eigenvalue weighted by atomic mass is 15.0. The predicted molar refractivity (Wildman–Crippen MR) is 37.2 cm³/mol. The van der Waals surface area contributed by atoms with E-state index in [1.807, 2.05) is 7.05 Å². The zero-order chi connectivity index (χ0) is 6.54. The maximum absolute atomic E-state index is 5.96. The SMILES string of the molecule is CNC12CCC(N)(C1)C2. The molecule has 0 amide bonds. The standard InChI is InChI=1S/C7H14N2/c1-9-7-3-2-6(8,4-7)5-7/h9H,2-5,8H2,1H3. The zero-order valence-electron chi connectivity index (χ0n) is 5.91. The molecule has 0 aromatic rings. The van der Waals surface area contributed by atoms with Crippen LogP contribution in [0.4, 0.5) is 0 Å². The largest absolute Gasteiger partial charge is 0.325 e. The molecule has 3 saturated carbocycles. The highest BCUT2D eigenvalue weighted by molar-refractivity contribution is 5.19. The van der Waals surface area contributed by atoms with Gasteiger partial charge in [0.05, 0.1) is 0 Å². The molecule has 0 saturated heterocycles. The maximum Gasteiger partial charge on any atom is 0.0214 e. The number of fused-ring (bicyclic) bond motifs is 1. The summed E-state index contributed by atoms with van der Waals surface area (Å²) in [5, 5.41) is 3.35. The third-order valence-electron chi connectivity index (χ3n) is 3.01. The lowest BCUT2D eigenvalue weighted by molar-refractivity contribution is 0.169. The van der Waals surface area contributed by atoms with Gasteiger partial charge < -0.3 is 11.1 Å². The highest BCUT2D eigenvalue weighted by Crippen LogP contribution is 2.52. The van der Waals surface area contributed by atoms with Gasteiger partial charge in [-0.2, -0.15) is 0 Å². The molecule has 52 valence electrons. The fraction of sp³-hybridized carbons (Fsp3) is 1.00. The normalized spacial score (nSPS) is 55.3. The van der Waals surface area contributed by atoms with Crippen LogP contribution in [0.2, 0.25) is 0 Å². The smallest absolute Gasteiger partial charge is 0.0214 e. The minimum Gasteiger partial charge on any atom is -0.325 e. The number of nitrogens with one attached hydrogen (secondary N) is 1. The molecule has 2 heteroatoms. The molecule has 2 bridgehead atoms. The van der Waals surface area contributed by atoms with Crippen molar-refractivity contribution in [2.24, 2.45) is 5.73 Å². The second kappa shape index (κ2) is 1.32. The van der Waals surface area contributed by atoms with Crippen LogP contribution in [0.3, 0.4) is 0 Å². The van der Waals surface area contributed by atoms with Crippen LogP contribution in [0.25, 0.3) is 0 Å². The van der Waals surface area contributed by atoms with Gasteiger partial charge in [-0.15, -0.1) is 0 Å². The van der Waals surface area contributed by atoms with Crippen LogP contribution in [0.5, 0.6) is 0 Å². The first-order chi connectivity index (χ1) is 4.18. The quantitative estimate of drug-likeness (QED) is 0.528. The number of hydrogen-bond acceptors (Lipinski definition) is 2. The van der Waals surface area contributed by atoms with Crippen molar-refractivity contribution in [3.8, 4) is 0 Å². The van der Waals surface area contributed by atoms with Gasteiger partial charge in [0.1, 0.15) is 0 Å². The molecule has 3 aliphatic rings. The van der Waals surface area contributed by atoms with Crippen molar-refractivity contribution < 1.29 is 0 Å². The summed E-state index contributed by atoms with van der Waals surface area (Å²) in [6, 6.07) is 0. The topological polar surface area (TPSA) is 38.0 Å². The Morgan fingerprint density at radius 2 is 2.00 bits per heavy atom. The Labute approximate surface area is 55.8 Å². The molecule has 0 aliphatic heterocycles. The van der Waals surface area contributed by atoms with E-state index in [-0.39, 0.29) is 5.54 Å². The Balaban J connectivity index is 2.12. The molecule has 9 heavy (non-hydrogen) atoms. The maximum atomic E-state index is 5.96. The van der Waals surface area contributed by atoms with E-state index in [0.717, 1.165) is 0 Å². The van der Waals surface area contributed by atoms with Gasteiger partial charge in [0.25, 0.3) is 0 Å². The van der Waals surface area contributed by atoms with E-state index in [4.69, 9.17) is 5.73 Å². The Kier molecular flexibility index (Phi) is 0.837. The van der Waals surface area contributed by atoms with E-state index >= 15 is 0 Å². The second-order valence-corrected chi connectivity index (χ2v) is 3.75. The van der Waals surface area contributed by atoms with E-state index < -0.39 is 0 Å². The fourth-order valence-electron chi connectivity index (χ4n) is 2.44. The molecular formula is C7H14N2. The van der Waals surface area contributed by atoms with Crippen LogP contribution >= 0.6 is 0 Å². The zero-order valence-corrected chi connectivity index (χ0v) is 5.91. The predicted octanol–water partition coefficient (Wildman–Crippen LogP) is 0.230. The van der Waals surface area contributed by atoms with Gasteiger partial charge >= 0.3 is 0 Å². The van der Waals surface area contributed by atoms with Crippen molar-refractivity contribution in [1.29, 1.82) is 0 Å². The van der Waals surface area contributed by atoms with Crippen molar-refractivity contribution >= 4 is 0 Å². The summed E-state index contributed by atoms with van der Waals surface area (Å²) in [6.07, 6.45) is 4.93. The molecule has 3 fully saturated rings. The van der Waals surface area contributed by atoms with E-state index in [1.54, 1.807) is 0 Å².